The summed E-state index contributed by atoms with van der Waals surface area (Å²) in [5.41, 5.74) is 1.90. The summed E-state index contributed by atoms with van der Waals surface area (Å²) >= 11 is 0. The van der Waals surface area contributed by atoms with Crippen LogP contribution in [-0.2, 0) is 11.3 Å². The predicted molar refractivity (Wildman–Crippen MR) is 251 cm³/mol. The molecule has 9 rings (SSSR count). The number of hydrogen-bond acceptors (Lipinski definition) is 10. The Kier molecular flexibility index (Phi) is 13.9. The second-order valence-corrected chi connectivity index (χ2v) is 16.5. The van der Waals surface area contributed by atoms with Crippen LogP contribution in [0.4, 0.5) is 8.78 Å². The SMILES string of the molecule is CC(C)(O)Cn1c(=O)c(C(=O)/C=C/c2cncnc2)c(-c2ccccc2)c2cc(F)ccc21.CC1(C)CO1.O=C(/C=C/c1cncnc1)c1c(-c2ccccc2)c2cc(F)ccc2[nH]c1=O. The van der Waals surface area contributed by atoms with Crippen molar-refractivity contribution in [3.05, 3.63) is 201 Å². The molecule has 2 N–H and O–H groups in total. The molecule has 0 amide bonds. The number of halogens is 2. The van der Waals surface area contributed by atoms with Gasteiger partial charge in [-0.05, 0) is 99.5 Å². The quantitative estimate of drug-likeness (QED) is 0.0766. The monoisotopic (exact) mass is 886 g/mol. The summed E-state index contributed by atoms with van der Waals surface area (Å²) in [6, 6.07) is 26.1. The fraction of sp³-hybridized carbons (Fsp3) is 0.154. The van der Waals surface area contributed by atoms with E-state index >= 15 is 0 Å². The molecular formula is C52H44F2N6O6. The Labute approximate surface area is 377 Å². The maximum Gasteiger partial charge on any atom is 0.263 e. The van der Waals surface area contributed by atoms with Crippen molar-refractivity contribution in [2.24, 2.45) is 0 Å². The molecule has 0 saturated carbocycles. The average molecular weight is 887 g/mol. The molecule has 0 atom stereocenters. The van der Waals surface area contributed by atoms with Crippen molar-refractivity contribution >= 4 is 45.5 Å². The van der Waals surface area contributed by atoms with Gasteiger partial charge in [0.25, 0.3) is 11.1 Å². The number of aromatic nitrogens is 6. The molecule has 8 aromatic rings. The number of nitrogens with one attached hydrogen (secondary N) is 1. The number of ketones is 2. The summed E-state index contributed by atoms with van der Waals surface area (Å²) in [6.07, 6.45) is 14.6. The molecule has 14 heteroatoms. The van der Waals surface area contributed by atoms with Crippen molar-refractivity contribution in [3.8, 4) is 22.3 Å². The number of carbonyl (C=O) groups excluding carboxylic acids is 2. The summed E-state index contributed by atoms with van der Waals surface area (Å²) in [4.78, 5) is 71.0. The normalized spacial score (nSPS) is 13.0. The minimum Gasteiger partial charge on any atom is -0.389 e. The highest BCUT2D eigenvalue weighted by atomic mass is 19.1. The number of pyridine rings is 2. The van der Waals surface area contributed by atoms with Gasteiger partial charge in [-0.25, -0.2) is 28.7 Å². The second kappa shape index (κ2) is 19.8. The molecule has 0 bridgehead atoms. The van der Waals surface area contributed by atoms with Gasteiger partial charge in [-0.15, -0.1) is 0 Å². The third kappa shape index (κ3) is 11.4. The molecule has 12 nitrogen and oxygen atoms in total. The van der Waals surface area contributed by atoms with Crippen LogP contribution in [0.5, 0.6) is 0 Å². The highest BCUT2D eigenvalue weighted by molar-refractivity contribution is 6.16. The fourth-order valence-corrected chi connectivity index (χ4v) is 6.96. The topological polar surface area (TPSA) is 173 Å². The van der Waals surface area contributed by atoms with E-state index in [9.17, 15) is 33.1 Å². The summed E-state index contributed by atoms with van der Waals surface area (Å²) < 4.78 is 34.5. The number of hydrogen-bond donors (Lipinski definition) is 2. The van der Waals surface area contributed by atoms with Crippen LogP contribution < -0.4 is 11.1 Å². The van der Waals surface area contributed by atoms with Gasteiger partial charge >= 0.3 is 0 Å². The van der Waals surface area contributed by atoms with Gasteiger partial charge in [0.15, 0.2) is 11.6 Å². The van der Waals surface area contributed by atoms with Crippen LogP contribution in [0.15, 0.2) is 156 Å². The molecule has 332 valence electrons. The number of nitrogens with zero attached hydrogens (tertiary/aromatic N) is 5. The van der Waals surface area contributed by atoms with E-state index in [4.69, 9.17) is 4.74 Å². The summed E-state index contributed by atoms with van der Waals surface area (Å²) in [5.74, 6) is -1.98. The number of epoxide rings is 1. The zero-order chi connectivity index (χ0) is 47.0. The Bertz CT molecular complexity index is 3220. The largest absolute Gasteiger partial charge is 0.389 e. The van der Waals surface area contributed by atoms with E-state index in [0.29, 0.717) is 55.2 Å². The minimum absolute atomic E-state index is 0.0441. The number of carbonyl (C=O) groups is 2. The highest BCUT2D eigenvalue weighted by Gasteiger charge is 2.32. The number of allylic oxidation sites excluding steroid dienone is 2. The van der Waals surface area contributed by atoms with Crippen molar-refractivity contribution in [2.45, 2.75) is 45.4 Å². The number of benzene rings is 4. The molecule has 4 aromatic carbocycles. The lowest BCUT2D eigenvalue weighted by Gasteiger charge is -2.23. The molecule has 1 aliphatic rings. The summed E-state index contributed by atoms with van der Waals surface area (Å²) in [6.45, 7) is 8.17. The Morgan fingerprint density at radius 2 is 1.18 bits per heavy atom. The zero-order valence-electron chi connectivity index (χ0n) is 36.4. The third-order valence-corrected chi connectivity index (χ3v) is 10.1. The van der Waals surface area contributed by atoms with E-state index < -0.39 is 39.9 Å². The van der Waals surface area contributed by atoms with Crippen LogP contribution >= 0.6 is 0 Å². The number of rotatable bonds is 10. The molecule has 1 fully saturated rings. The predicted octanol–water partition coefficient (Wildman–Crippen LogP) is 9.08. The van der Waals surface area contributed by atoms with E-state index in [1.54, 1.807) is 74.8 Å². The lowest BCUT2D eigenvalue weighted by atomic mass is 9.93. The van der Waals surface area contributed by atoms with E-state index in [0.717, 1.165) is 6.61 Å². The number of aromatic amines is 1. The van der Waals surface area contributed by atoms with E-state index in [2.05, 4.69) is 38.8 Å². The van der Waals surface area contributed by atoms with Gasteiger partial charge in [-0.2, -0.15) is 0 Å². The molecule has 1 aliphatic heterocycles. The zero-order valence-corrected chi connectivity index (χ0v) is 36.4. The third-order valence-electron chi connectivity index (χ3n) is 10.1. The van der Waals surface area contributed by atoms with Crippen molar-refractivity contribution in [3.63, 3.8) is 0 Å². The Morgan fingerprint density at radius 3 is 1.67 bits per heavy atom. The van der Waals surface area contributed by atoms with Crippen molar-refractivity contribution in [2.75, 3.05) is 6.61 Å². The van der Waals surface area contributed by atoms with Gasteiger partial charge in [0.2, 0.25) is 0 Å². The summed E-state index contributed by atoms with van der Waals surface area (Å²) in [5, 5.41) is 11.3. The van der Waals surface area contributed by atoms with Gasteiger partial charge in [-0.1, -0.05) is 60.7 Å². The molecule has 66 heavy (non-hydrogen) atoms. The van der Waals surface area contributed by atoms with Crippen LogP contribution in [0.1, 0.15) is 59.5 Å². The highest BCUT2D eigenvalue weighted by Crippen LogP contribution is 2.33. The van der Waals surface area contributed by atoms with E-state index in [1.807, 2.05) is 12.1 Å². The van der Waals surface area contributed by atoms with Gasteiger partial charge in [-0.3, -0.25) is 19.2 Å². The van der Waals surface area contributed by atoms with Crippen molar-refractivity contribution in [1.82, 2.24) is 29.5 Å². The number of ether oxygens (including phenoxy) is 1. The molecule has 0 spiro atoms. The Morgan fingerprint density at radius 1 is 0.727 bits per heavy atom. The van der Waals surface area contributed by atoms with Gasteiger partial charge in [0.05, 0.1) is 41.0 Å². The van der Waals surface area contributed by atoms with Crippen molar-refractivity contribution < 1.29 is 28.2 Å². The first-order valence-electron chi connectivity index (χ1n) is 20.7. The smallest absolute Gasteiger partial charge is 0.263 e. The Balaban J connectivity index is 0.000000179. The number of fused-ring (bicyclic) bond motifs is 2. The van der Waals surface area contributed by atoms with Gasteiger partial charge < -0.3 is 19.4 Å². The van der Waals surface area contributed by atoms with Gasteiger partial charge in [0, 0.05) is 63.3 Å². The van der Waals surface area contributed by atoms with E-state index in [-0.39, 0.29) is 23.3 Å². The standard InChI is InChI=1S/C26H22FN3O3.C22H14FN3O2.C4H8O/c1-26(2,33)15-30-21-10-9-19(27)12-20(21)23(18-6-4-3-5-7-18)24(25(30)32)22(31)11-8-17-13-28-16-29-14-17;23-16-7-8-18-17(10-16)20(15-4-2-1-3-5-15)21(22(28)26-18)19(27)9-6-14-11-24-13-25-12-14;1-4(2)3-5-4/h3-14,16,33H,15H2,1-2H3;1-13H,(H,26,28);3H2,1-2H3/b11-8+;9-6+;. The molecular weight excluding hydrogens is 843 g/mol. The van der Waals surface area contributed by atoms with Crippen LogP contribution in [0.25, 0.3) is 56.2 Å². The lowest BCUT2D eigenvalue weighted by molar-refractivity contribution is 0.0616. The molecule has 0 radical (unpaired) electrons. The molecule has 5 heterocycles. The van der Waals surface area contributed by atoms with Crippen LogP contribution in [0.2, 0.25) is 0 Å². The maximum atomic E-state index is 14.4. The molecule has 1 saturated heterocycles. The lowest BCUT2D eigenvalue weighted by Crippen LogP contribution is -2.35. The summed E-state index contributed by atoms with van der Waals surface area (Å²) in [7, 11) is 0. The van der Waals surface area contributed by atoms with E-state index in [1.165, 1.54) is 90.3 Å². The first-order valence-corrected chi connectivity index (χ1v) is 20.7. The number of H-pyrrole nitrogens is 1. The average Bonchev–Trinajstić information content (AvgIpc) is 4.02. The first kappa shape index (κ1) is 46.1. The molecule has 4 aromatic heterocycles. The van der Waals surface area contributed by atoms with Crippen molar-refractivity contribution in [1.29, 1.82) is 0 Å². The second-order valence-electron chi connectivity index (χ2n) is 16.5. The minimum atomic E-state index is -1.24. The van der Waals surface area contributed by atoms with Crippen LogP contribution in [0.3, 0.4) is 0 Å². The molecule has 0 aliphatic carbocycles. The molecule has 0 unspecified atom stereocenters. The first-order chi connectivity index (χ1) is 31.6. The van der Waals surface area contributed by atoms with Crippen LogP contribution in [-0.4, -0.2) is 64.0 Å². The van der Waals surface area contributed by atoms with Crippen LogP contribution in [0, 0.1) is 11.6 Å². The Hall–Kier alpha value is -7.94. The fourth-order valence-electron chi connectivity index (χ4n) is 6.96. The van der Waals surface area contributed by atoms with Gasteiger partial charge in [0.1, 0.15) is 24.3 Å². The maximum absolute atomic E-state index is 14.4. The number of aliphatic hydroxyl groups is 1.